The zero-order valence-corrected chi connectivity index (χ0v) is 11.8. The van der Waals surface area contributed by atoms with Gasteiger partial charge in [-0.2, -0.15) is 5.10 Å². The molecule has 0 aliphatic carbocycles. The molecule has 0 radical (unpaired) electrons. The average molecular weight is 266 g/mol. The smallest absolute Gasteiger partial charge is 0.237 e. The van der Waals surface area contributed by atoms with Gasteiger partial charge in [-0.05, 0) is 25.8 Å². The molecule has 1 aromatic heterocycles. The molecular formula is C13H22N4O2. The number of rotatable bonds is 5. The number of carbonyl (C=O) groups excluding carboxylic acids is 1. The number of hydrogen-bond donors (Lipinski definition) is 2. The Labute approximate surface area is 113 Å². The first kappa shape index (κ1) is 13.9. The van der Waals surface area contributed by atoms with E-state index in [0.717, 1.165) is 42.9 Å². The molecule has 1 amide bonds. The SMILES string of the molecule is CCc1nn(C)c(OC)c1CNC(=O)C1CCCN1. The van der Waals surface area contributed by atoms with Crippen LogP contribution in [0.15, 0.2) is 0 Å². The van der Waals surface area contributed by atoms with Crippen LogP contribution in [0.3, 0.4) is 0 Å². The molecule has 2 N–H and O–H groups in total. The van der Waals surface area contributed by atoms with Gasteiger partial charge in [0, 0.05) is 7.05 Å². The van der Waals surface area contributed by atoms with E-state index in [-0.39, 0.29) is 11.9 Å². The minimum absolute atomic E-state index is 0.0484. The number of aryl methyl sites for hydroxylation is 2. The van der Waals surface area contributed by atoms with Gasteiger partial charge < -0.3 is 15.4 Å². The third-order valence-electron chi connectivity index (χ3n) is 3.52. The van der Waals surface area contributed by atoms with Crippen LogP contribution in [-0.4, -0.2) is 35.4 Å². The van der Waals surface area contributed by atoms with Crippen molar-refractivity contribution in [2.24, 2.45) is 7.05 Å². The lowest BCUT2D eigenvalue weighted by molar-refractivity contribution is -0.122. The van der Waals surface area contributed by atoms with Gasteiger partial charge in [-0.15, -0.1) is 0 Å². The fourth-order valence-corrected chi connectivity index (χ4v) is 2.53. The molecule has 1 fully saturated rings. The first-order valence-corrected chi connectivity index (χ1v) is 6.77. The standard InChI is InChI=1S/C13H22N4O2/c1-4-10-9(13(19-3)17(2)16-10)8-15-12(18)11-6-5-7-14-11/h11,14H,4-8H2,1-3H3,(H,15,18). The largest absolute Gasteiger partial charge is 0.481 e. The minimum Gasteiger partial charge on any atom is -0.481 e. The van der Waals surface area contributed by atoms with Gasteiger partial charge in [0.25, 0.3) is 0 Å². The summed E-state index contributed by atoms with van der Waals surface area (Å²) in [6.45, 7) is 3.44. The van der Waals surface area contributed by atoms with Crippen LogP contribution in [0, 0.1) is 0 Å². The summed E-state index contributed by atoms with van der Waals surface area (Å²) in [5.41, 5.74) is 1.94. The highest BCUT2D eigenvalue weighted by atomic mass is 16.5. The van der Waals surface area contributed by atoms with E-state index in [2.05, 4.69) is 15.7 Å². The maximum Gasteiger partial charge on any atom is 0.237 e. The monoisotopic (exact) mass is 266 g/mol. The molecule has 1 unspecified atom stereocenters. The predicted molar refractivity (Wildman–Crippen MR) is 72.0 cm³/mol. The van der Waals surface area contributed by atoms with E-state index in [4.69, 9.17) is 4.74 Å². The number of amides is 1. The molecule has 0 bridgehead atoms. The van der Waals surface area contributed by atoms with Crippen molar-refractivity contribution in [1.29, 1.82) is 0 Å². The normalized spacial score (nSPS) is 18.6. The van der Waals surface area contributed by atoms with E-state index in [1.807, 2.05) is 14.0 Å². The molecule has 0 spiro atoms. The van der Waals surface area contributed by atoms with E-state index in [0.29, 0.717) is 6.54 Å². The molecule has 2 rings (SSSR count). The lowest BCUT2D eigenvalue weighted by atomic mass is 10.2. The number of methoxy groups -OCH3 is 1. The Hall–Kier alpha value is -1.56. The third kappa shape index (κ3) is 2.89. The van der Waals surface area contributed by atoms with Crippen LogP contribution < -0.4 is 15.4 Å². The summed E-state index contributed by atoms with van der Waals surface area (Å²) in [7, 11) is 3.47. The molecule has 19 heavy (non-hydrogen) atoms. The Morgan fingerprint density at radius 2 is 2.42 bits per heavy atom. The maximum absolute atomic E-state index is 12.0. The maximum atomic E-state index is 12.0. The number of nitrogens with zero attached hydrogens (tertiary/aromatic N) is 2. The van der Waals surface area contributed by atoms with Crippen LogP contribution >= 0.6 is 0 Å². The Bertz CT molecular complexity index is 450. The van der Waals surface area contributed by atoms with E-state index in [1.165, 1.54) is 0 Å². The van der Waals surface area contributed by atoms with Crippen molar-refractivity contribution in [3.63, 3.8) is 0 Å². The Morgan fingerprint density at radius 1 is 1.63 bits per heavy atom. The fourth-order valence-electron chi connectivity index (χ4n) is 2.53. The first-order valence-electron chi connectivity index (χ1n) is 6.77. The van der Waals surface area contributed by atoms with E-state index in [9.17, 15) is 4.79 Å². The lowest BCUT2D eigenvalue weighted by Crippen LogP contribution is -2.40. The van der Waals surface area contributed by atoms with E-state index < -0.39 is 0 Å². The molecular weight excluding hydrogens is 244 g/mol. The summed E-state index contributed by atoms with van der Waals surface area (Å²) in [4.78, 5) is 12.0. The molecule has 1 aliphatic heterocycles. The summed E-state index contributed by atoms with van der Waals surface area (Å²) in [5.74, 6) is 0.780. The van der Waals surface area contributed by atoms with Crippen molar-refractivity contribution in [3.8, 4) is 5.88 Å². The van der Waals surface area contributed by atoms with Gasteiger partial charge in [-0.25, -0.2) is 4.68 Å². The van der Waals surface area contributed by atoms with Gasteiger partial charge >= 0.3 is 0 Å². The van der Waals surface area contributed by atoms with Gasteiger partial charge in [0.15, 0.2) is 0 Å². The summed E-state index contributed by atoms with van der Waals surface area (Å²) in [6, 6.07) is -0.0484. The van der Waals surface area contributed by atoms with Crippen molar-refractivity contribution >= 4 is 5.91 Å². The Morgan fingerprint density at radius 3 is 3.00 bits per heavy atom. The van der Waals surface area contributed by atoms with Gasteiger partial charge in [0.05, 0.1) is 31.0 Å². The number of aromatic nitrogens is 2. The van der Waals surface area contributed by atoms with Gasteiger partial charge in [0.2, 0.25) is 11.8 Å². The Kier molecular flexibility index (Phi) is 4.42. The summed E-state index contributed by atoms with van der Waals surface area (Å²) in [6.07, 6.45) is 2.80. The number of hydrogen-bond acceptors (Lipinski definition) is 4. The topological polar surface area (TPSA) is 68.2 Å². The molecule has 1 atom stereocenters. The van der Waals surface area contributed by atoms with Crippen LogP contribution in [0.1, 0.15) is 31.0 Å². The molecule has 106 valence electrons. The molecule has 1 aromatic rings. The minimum atomic E-state index is -0.0484. The highest BCUT2D eigenvalue weighted by molar-refractivity contribution is 5.82. The second-order valence-corrected chi connectivity index (χ2v) is 4.78. The Balaban J connectivity index is 2.03. The molecule has 6 nitrogen and oxygen atoms in total. The van der Waals surface area contributed by atoms with Crippen LogP contribution in [0.2, 0.25) is 0 Å². The highest BCUT2D eigenvalue weighted by Crippen LogP contribution is 2.21. The van der Waals surface area contributed by atoms with E-state index >= 15 is 0 Å². The molecule has 0 aromatic carbocycles. The number of carbonyl (C=O) groups is 1. The first-order chi connectivity index (χ1) is 9.17. The van der Waals surface area contributed by atoms with Crippen molar-refractivity contribution in [3.05, 3.63) is 11.3 Å². The van der Waals surface area contributed by atoms with Crippen LogP contribution in [-0.2, 0) is 24.8 Å². The summed E-state index contributed by atoms with van der Waals surface area (Å²) < 4.78 is 7.07. The van der Waals surface area contributed by atoms with Crippen LogP contribution in [0.4, 0.5) is 0 Å². The predicted octanol–water partition coefficient (Wildman–Crippen LogP) is 0.359. The van der Waals surface area contributed by atoms with Gasteiger partial charge in [-0.1, -0.05) is 6.92 Å². The second-order valence-electron chi connectivity index (χ2n) is 4.78. The number of ether oxygens (including phenoxy) is 1. The second kappa shape index (κ2) is 6.06. The summed E-state index contributed by atoms with van der Waals surface area (Å²) >= 11 is 0. The molecule has 1 aliphatic rings. The van der Waals surface area contributed by atoms with Crippen molar-refractivity contribution in [1.82, 2.24) is 20.4 Å². The lowest BCUT2D eigenvalue weighted by Gasteiger charge is -2.11. The fraction of sp³-hybridized carbons (Fsp3) is 0.692. The molecule has 0 saturated carbocycles. The third-order valence-corrected chi connectivity index (χ3v) is 3.52. The molecule has 6 heteroatoms. The molecule has 1 saturated heterocycles. The van der Waals surface area contributed by atoms with Crippen LogP contribution in [0.5, 0.6) is 5.88 Å². The quantitative estimate of drug-likeness (QED) is 0.807. The summed E-state index contributed by atoms with van der Waals surface area (Å²) in [5, 5.41) is 10.6. The van der Waals surface area contributed by atoms with Gasteiger partial charge in [0.1, 0.15) is 0 Å². The zero-order valence-electron chi connectivity index (χ0n) is 11.8. The van der Waals surface area contributed by atoms with Gasteiger partial charge in [-0.3, -0.25) is 4.79 Å². The zero-order chi connectivity index (χ0) is 13.8. The highest BCUT2D eigenvalue weighted by Gasteiger charge is 2.23. The van der Waals surface area contributed by atoms with Crippen molar-refractivity contribution < 1.29 is 9.53 Å². The van der Waals surface area contributed by atoms with Crippen molar-refractivity contribution in [2.45, 2.75) is 38.8 Å². The van der Waals surface area contributed by atoms with E-state index in [1.54, 1.807) is 11.8 Å². The van der Waals surface area contributed by atoms with Crippen molar-refractivity contribution in [2.75, 3.05) is 13.7 Å². The molecule has 2 heterocycles. The average Bonchev–Trinajstić information content (AvgIpc) is 3.03. The van der Waals surface area contributed by atoms with Crippen LogP contribution in [0.25, 0.3) is 0 Å². The number of nitrogens with one attached hydrogen (secondary N) is 2.